The molecule has 1 aromatic heterocycles. The van der Waals surface area contributed by atoms with Crippen LogP contribution in [-0.4, -0.2) is 4.57 Å². The molecule has 1 aromatic carbocycles. The molecule has 5 heteroatoms. The summed E-state index contributed by atoms with van der Waals surface area (Å²) in [7, 11) is 0. The van der Waals surface area contributed by atoms with Gasteiger partial charge in [-0.2, -0.15) is 13.2 Å². The van der Waals surface area contributed by atoms with E-state index in [1.54, 1.807) is 35.2 Å². The Bertz CT molecular complexity index is 566. The maximum Gasteiger partial charge on any atom is 0.416 e. The van der Waals surface area contributed by atoms with Crippen molar-refractivity contribution in [1.29, 1.82) is 0 Å². The Labute approximate surface area is 101 Å². The van der Waals surface area contributed by atoms with Gasteiger partial charge >= 0.3 is 6.18 Å². The Morgan fingerprint density at radius 3 is 2.24 bits per heavy atom. The molecule has 0 N–H and O–H groups in total. The Morgan fingerprint density at radius 1 is 1.00 bits per heavy atom. The van der Waals surface area contributed by atoms with Gasteiger partial charge in [0.2, 0.25) is 0 Å². The summed E-state index contributed by atoms with van der Waals surface area (Å²) in [4.78, 5) is 0. The first-order chi connectivity index (χ1) is 7.97. The SMILES string of the molecule is FC(F)(F)c1cccc(-n2ccc(=S)cc2)c1. The van der Waals surface area contributed by atoms with Crippen molar-refractivity contribution in [2.24, 2.45) is 0 Å². The molecule has 0 bridgehead atoms. The summed E-state index contributed by atoms with van der Waals surface area (Å²) in [6.45, 7) is 0. The minimum Gasteiger partial charge on any atom is -0.324 e. The zero-order valence-corrected chi connectivity index (χ0v) is 9.42. The molecule has 0 aliphatic carbocycles. The number of nitrogens with zero attached hydrogens (tertiary/aromatic N) is 1. The average Bonchev–Trinajstić information content (AvgIpc) is 2.29. The quantitative estimate of drug-likeness (QED) is 0.690. The molecule has 0 saturated carbocycles. The van der Waals surface area contributed by atoms with Crippen LogP contribution in [0, 0.1) is 4.51 Å². The van der Waals surface area contributed by atoms with Crippen molar-refractivity contribution in [3.63, 3.8) is 0 Å². The van der Waals surface area contributed by atoms with Crippen molar-refractivity contribution in [2.45, 2.75) is 6.18 Å². The second kappa shape index (κ2) is 4.33. The summed E-state index contributed by atoms with van der Waals surface area (Å²) in [6.07, 6.45) is -1.05. The number of alkyl halides is 3. The lowest BCUT2D eigenvalue weighted by molar-refractivity contribution is -0.137. The van der Waals surface area contributed by atoms with E-state index < -0.39 is 11.7 Å². The van der Waals surface area contributed by atoms with Gasteiger partial charge in [0.1, 0.15) is 0 Å². The summed E-state index contributed by atoms with van der Waals surface area (Å²) < 4.78 is 39.8. The molecule has 0 atom stereocenters. The van der Waals surface area contributed by atoms with Gasteiger partial charge in [-0.05, 0) is 30.3 Å². The van der Waals surface area contributed by atoms with Crippen LogP contribution in [0.1, 0.15) is 5.56 Å². The Balaban J connectivity index is 2.47. The Hall–Kier alpha value is -1.62. The molecule has 0 fully saturated rings. The van der Waals surface area contributed by atoms with E-state index in [2.05, 4.69) is 0 Å². The van der Waals surface area contributed by atoms with E-state index in [4.69, 9.17) is 12.2 Å². The van der Waals surface area contributed by atoms with Crippen LogP contribution >= 0.6 is 12.2 Å². The Morgan fingerprint density at radius 2 is 1.65 bits per heavy atom. The van der Waals surface area contributed by atoms with Crippen molar-refractivity contribution in [2.75, 3.05) is 0 Å². The summed E-state index contributed by atoms with van der Waals surface area (Å²) in [5.41, 5.74) is -0.209. The van der Waals surface area contributed by atoms with Crippen molar-refractivity contribution in [1.82, 2.24) is 4.57 Å². The van der Waals surface area contributed by atoms with Gasteiger partial charge in [-0.3, -0.25) is 0 Å². The molecule has 0 unspecified atom stereocenters. The first-order valence-corrected chi connectivity index (χ1v) is 5.23. The lowest BCUT2D eigenvalue weighted by Crippen LogP contribution is -2.05. The number of hydrogen-bond acceptors (Lipinski definition) is 1. The number of halogens is 3. The number of benzene rings is 1. The van der Waals surface area contributed by atoms with Gasteiger partial charge in [-0.25, -0.2) is 0 Å². The highest BCUT2D eigenvalue weighted by molar-refractivity contribution is 7.71. The van der Waals surface area contributed by atoms with E-state index >= 15 is 0 Å². The predicted molar refractivity (Wildman–Crippen MR) is 61.6 cm³/mol. The van der Waals surface area contributed by atoms with Gasteiger partial charge < -0.3 is 4.57 Å². The summed E-state index contributed by atoms with van der Waals surface area (Å²) in [6, 6.07) is 8.46. The lowest BCUT2D eigenvalue weighted by atomic mass is 10.2. The van der Waals surface area contributed by atoms with Crippen LogP contribution in [0.4, 0.5) is 13.2 Å². The zero-order valence-electron chi connectivity index (χ0n) is 8.61. The first kappa shape index (κ1) is 11.9. The number of hydrogen-bond donors (Lipinski definition) is 0. The molecule has 17 heavy (non-hydrogen) atoms. The molecule has 1 nitrogen and oxygen atoms in total. The second-order valence-corrected chi connectivity index (χ2v) is 3.96. The maximum atomic E-state index is 12.5. The molecule has 0 amide bonds. The van der Waals surface area contributed by atoms with Crippen LogP contribution in [0.25, 0.3) is 5.69 Å². The average molecular weight is 255 g/mol. The summed E-state index contributed by atoms with van der Waals surface area (Å²) >= 11 is 4.91. The maximum absolute atomic E-state index is 12.5. The van der Waals surface area contributed by atoms with E-state index in [-0.39, 0.29) is 0 Å². The third-order valence-corrected chi connectivity index (χ3v) is 2.54. The molecule has 0 aliphatic heterocycles. The normalized spacial score (nSPS) is 11.5. The zero-order chi connectivity index (χ0) is 12.5. The van der Waals surface area contributed by atoms with Crippen molar-refractivity contribution in [3.05, 3.63) is 58.9 Å². The molecular weight excluding hydrogens is 247 g/mol. The lowest BCUT2D eigenvalue weighted by Gasteiger charge is -2.10. The molecule has 2 aromatic rings. The number of pyridine rings is 1. The van der Waals surface area contributed by atoms with Gasteiger partial charge in [0.05, 0.1) is 5.56 Å². The van der Waals surface area contributed by atoms with Crippen molar-refractivity contribution in [3.8, 4) is 5.69 Å². The van der Waals surface area contributed by atoms with Gasteiger partial charge in [-0.15, -0.1) is 0 Å². The Kier molecular flexibility index (Phi) is 3.02. The van der Waals surface area contributed by atoms with Crippen LogP contribution in [-0.2, 0) is 6.18 Å². The number of aromatic nitrogens is 1. The van der Waals surface area contributed by atoms with E-state index in [1.807, 2.05) is 0 Å². The molecule has 0 spiro atoms. The van der Waals surface area contributed by atoms with Crippen LogP contribution < -0.4 is 0 Å². The van der Waals surface area contributed by atoms with E-state index in [0.717, 1.165) is 12.1 Å². The fourth-order valence-electron chi connectivity index (χ4n) is 1.43. The first-order valence-electron chi connectivity index (χ1n) is 4.83. The summed E-state index contributed by atoms with van der Waals surface area (Å²) in [5, 5.41) is 0. The molecule has 0 aliphatic rings. The molecular formula is C12H8F3NS. The largest absolute Gasteiger partial charge is 0.416 e. The van der Waals surface area contributed by atoms with E-state index in [9.17, 15) is 13.2 Å². The molecule has 2 rings (SSSR count). The third kappa shape index (κ3) is 2.74. The van der Waals surface area contributed by atoms with Crippen LogP contribution in [0.5, 0.6) is 0 Å². The smallest absolute Gasteiger partial charge is 0.324 e. The van der Waals surface area contributed by atoms with Gasteiger partial charge in [-0.1, -0.05) is 18.3 Å². The van der Waals surface area contributed by atoms with E-state index in [0.29, 0.717) is 10.2 Å². The standard InChI is InChI=1S/C12H8F3NS/c13-12(14,15)9-2-1-3-10(8-9)16-6-4-11(17)5-7-16/h1-8H. The molecule has 0 radical (unpaired) electrons. The van der Waals surface area contributed by atoms with Crippen molar-refractivity contribution >= 4 is 12.2 Å². The molecule has 0 saturated heterocycles. The molecule has 1 heterocycles. The van der Waals surface area contributed by atoms with E-state index in [1.165, 1.54) is 6.07 Å². The predicted octanol–water partition coefficient (Wildman–Crippen LogP) is 4.23. The van der Waals surface area contributed by atoms with Crippen LogP contribution in [0.2, 0.25) is 0 Å². The second-order valence-electron chi connectivity index (χ2n) is 3.49. The fraction of sp³-hybridized carbons (Fsp3) is 0.0833. The monoisotopic (exact) mass is 255 g/mol. The van der Waals surface area contributed by atoms with Gasteiger partial charge in [0, 0.05) is 22.6 Å². The van der Waals surface area contributed by atoms with Gasteiger partial charge in [0.15, 0.2) is 0 Å². The minimum atomic E-state index is -4.32. The highest BCUT2D eigenvalue weighted by Crippen LogP contribution is 2.30. The highest BCUT2D eigenvalue weighted by Gasteiger charge is 2.30. The minimum absolute atomic E-state index is 0.454. The van der Waals surface area contributed by atoms with Crippen molar-refractivity contribution < 1.29 is 13.2 Å². The number of rotatable bonds is 1. The highest BCUT2D eigenvalue weighted by atomic mass is 32.1. The van der Waals surface area contributed by atoms with Crippen LogP contribution in [0.3, 0.4) is 0 Å². The topological polar surface area (TPSA) is 4.93 Å². The summed E-state index contributed by atoms with van der Waals surface area (Å²) in [5.74, 6) is 0. The third-order valence-electron chi connectivity index (χ3n) is 2.27. The van der Waals surface area contributed by atoms with Gasteiger partial charge in [0.25, 0.3) is 0 Å². The fourth-order valence-corrected chi connectivity index (χ4v) is 1.55. The molecule has 88 valence electrons. The van der Waals surface area contributed by atoms with Crippen LogP contribution in [0.15, 0.2) is 48.8 Å².